The Morgan fingerprint density at radius 3 is 1.73 bits per heavy atom. The zero-order chi connectivity index (χ0) is 21.9. The average Bonchev–Trinajstić information content (AvgIpc) is 2.77. The summed E-state index contributed by atoms with van der Waals surface area (Å²) in [5, 5.41) is 0. The molecule has 170 valence electrons. The van der Waals surface area contributed by atoms with Crippen LogP contribution in [0, 0.1) is 0 Å². The zero-order valence-corrected chi connectivity index (χ0v) is 18.8. The van der Waals surface area contributed by atoms with Gasteiger partial charge in [-0.1, -0.05) is 30.8 Å². The molecule has 0 radical (unpaired) electrons. The van der Waals surface area contributed by atoms with Gasteiger partial charge in [-0.15, -0.1) is 0 Å². The Balaban J connectivity index is 2.22. The smallest absolute Gasteiger partial charge is 0.111 e. The van der Waals surface area contributed by atoms with Crippen molar-refractivity contribution in [3.05, 3.63) is 48.2 Å². The number of hydrogen-bond acceptors (Lipinski definition) is 6. The van der Waals surface area contributed by atoms with Crippen LogP contribution in [0.1, 0.15) is 31.9 Å². The normalized spacial score (nSPS) is 11.6. The minimum absolute atomic E-state index is 0.482. The van der Waals surface area contributed by atoms with Gasteiger partial charge in [-0.2, -0.15) is 0 Å². The van der Waals surface area contributed by atoms with Crippen LogP contribution in [0.5, 0.6) is 0 Å². The maximum Gasteiger partial charge on any atom is 0.111 e. The molecule has 0 aliphatic rings. The lowest BCUT2D eigenvalue weighted by Crippen LogP contribution is -2.10. The Morgan fingerprint density at radius 2 is 1.17 bits per heavy atom. The monoisotopic (exact) mass is 422 g/mol. The van der Waals surface area contributed by atoms with E-state index in [0.717, 1.165) is 22.3 Å². The third-order valence-corrected chi connectivity index (χ3v) is 4.15. The van der Waals surface area contributed by atoms with E-state index in [4.69, 9.17) is 28.4 Å². The topological polar surface area (TPSA) is 55.4 Å². The van der Waals surface area contributed by atoms with Crippen molar-refractivity contribution < 1.29 is 28.4 Å². The van der Waals surface area contributed by atoms with Crippen LogP contribution in [-0.4, -0.2) is 72.7 Å². The van der Waals surface area contributed by atoms with Crippen LogP contribution < -0.4 is 0 Å². The molecule has 0 fully saturated rings. The van der Waals surface area contributed by atoms with Crippen LogP contribution in [-0.2, 0) is 28.4 Å². The molecule has 6 nitrogen and oxygen atoms in total. The van der Waals surface area contributed by atoms with E-state index in [-0.39, 0.29) is 0 Å². The molecule has 1 rings (SSSR count). The van der Waals surface area contributed by atoms with Gasteiger partial charge in [0.15, 0.2) is 0 Å². The number of rotatable bonds is 19. The SMILES string of the molecule is C=C(COCCOCCOCC)c1ccc(/C(C)=C\OCCOCCOCC)cc1. The quantitative estimate of drug-likeness (QED) is 0.246. The predicted molar refractivity (Wildman–Crippen MR) is 121 cm³/mol. The highest BCUT2D eigenvalue weighted by atomic mass is 16.5. The maximum absolute atomic E-state index is 5.62. The second kappa shape index (κ2) is 18.1. The van der Waals surface area contributed by atoms with Gasteiger partial charge in [-0.25, -0.2) is 0 Å². The molecule has 1 aromatic carbocycles. The first-order chi connectivity index (χ1) is 14.7. The van der Waals surface area contributed by atoms with E-state index in [1.807, 2.05) is 32.9 Å². The van der Waals surface area contributed by atoms with Gasteiger partial charge in [0.05, 0.1) is 59.1 Å². The molecule has 0 aliphatic carbocycles. The first-order valence-electron chi connectivity index (χ1n) is 10.6. The first kappa shape index (κ1) is 26.3. The molecular weight excluding hydrogens is 384 g/mol. The van der Waals surface area contributed by atoms with Crippen LogP contribution in [0.25, 0.3) is 11.1 Å². The second-order valence-electron chi connectivity index (χ2n) is 6.52. The Kier molecular flexibility index (Phi) is 15.9. The fraction of sp³-hybridized carbons (Fsp3) is 0.583. The van der Waals surface area contributed by atoms with E-state index < -0.39 is 0 Å². The lowest BCUT2D eigenvalue weighted by atomic mass is 10.0. The first-order valence-corrected chi connectivity index (χ1v) is 10.6. The predicted octanol–water partition coefficient (Wildman–Crippen LogP) is 4.20. The van der Waals surface area contributed by atoms with E-state index >= 15 is 0 Å². The lowest BCUT2D eigenvalue weighted by molar-refractivity contribution is 0.0231. The maximum atomic E-state index is 5.62. The van der Waals surface area contributed by atoms with Gasteiger partial charge in [-0.05, 0) is 43.0 Å². The van der Waals surface area contributed by atoms with Crippen molar-refractivity contribution in [2.75, 3.05) is 72.7 Å². The second-order valence-corrected chi connectivity index (χ2v) is 6.52. The van der Waals surface area contributed by atoms with Crippen LogP contribution >= 0.6 is 0 Å². The van der Waals surface area contributed by atoms with E-state index in [2.05, 4.69) is 18.7 Å². The van der Waals surface area contributed by atoms with E-state index in [1.54, 1.807) is 6.26 Å². The Hall–Kier alpha value is -1.70. The van der Waals surface area contributed by atoms with Crippen molar-refractivity contribution in [2.24, 2.45) is 0 Å². The average molecular weight is 423 g/mol. The van der Waals surface area contributed by atoms with E-state index in [1.165, 1.54) is 0 Å². The molecule has 0 saturated heterocycles. The summed E-state index contributed by atoms with van der Waals surface area (Å²) in [5.74, 6) is 0. The largest absolute Gasteiger partial charge is 0.498 e. The summed E-state index contributed by atoms with van der Waals surface area (Å²) in [6, 6.07) is 8.22. The molecule has 0 amide bonds. The summed E-state index contributed by atoms with van der Waals surface area (Å²) in [6.45, 7) is 16.6. The highest BCUT2D eigenvalue weighted by molar-refractivity contribution is 5.68. The summed E-state index contributed by atoms with van der Waals surface area (Å²) in [6.07, 6.45) is 1.77. The van der Waals surface area contributed by atoms with Gasteiger partial charge in [0.2, 0.25) is 0 Å². The Labute approximate surface area is 181 Å². The third kappa shape index (κ3) is 12.8. The van der Waals surface area contributed by atoms with Crippen LogP contribution in [0.4, 0.5) is 0 Å². The minimum Gasteiger partial charge on any atom is -0.498 e. The molecule has 0 spiro atoms. The fourth-order valence-corrected chi connectivity index (χ4v) is 2.45. The standard InChI is InChI=1S/C24H38O6/c1-5-25-11-13-27-15-17-29-19-21(3)23-7-9-24(10-8-23)22(4)20-30-18-16-28-14-12-26-6-2/h7-10,20H,3,5-6,11-19H2,1-2,4H3/b22-20-. The fourth-order valence-electron chi connectivity index (χ4n) is 2.45. The van der Waals surface area contributed by atoms with Crippen molar-refractivity contribution in [1.29, 1.82) is 0 Å². The Bertz CT molecular complexity index is 582. The van der Waals surface area contributed by atoms with Crippen molar-refractivity contribution in [1.82, 2.24) is 0 Å². The van der Waals surface area contributed by atoms with Gasteiger partial charge in [0.1, 0.15) is 6.61 Å². The molecule has 0 saturated carbocycles. The molecular formula is C24H38O6. The molecule has 0 aliphatic heterocycles. The van der Waals surface area contributed by atoms with Crippen molar-refractivity contribution >= 4 is 11.1 Å². The number of hydrogen-bond donors (Lipinski definition) is 0. The number of allylic oxidation sites excluding steroid dienone is 1. The summed E-state index contributed by atoms with van der Waals surface area (Å²) in [5.41, 5.74) is 4.17. The Morgan fingerprint density at radius 1 is 0.700 bits per heavy atom. The molecule has 0 bridgehead atoms. The number of benzene rings is 1. The molecule has 0 N–H and O–H groups in total. The molecule has 1 aromatic rings. The summed E-state index contributed by atoms with van der Waals surface area (Å²) in [4.78, 5) is 0. The molecule has 0 unspecified atom stereocenters. The zero-order valence-electron chi connectivity index (χ0n) is 18.8. The molecule has 30 heavy (non-hydrogen) atoms. The van der Waals surface area contributed by atoms with Gasteiger partial charge in [-0.3, -0.25) is 0 Å². The summed E-state index contributed by atoms with van der Waals surface area (Å²) in [7, 11) is 0. The molecule has 0 aromatic heterocycles. The molecule has 0 heterocycles. The van der Waals surface area contributed by atoms with Gasteiger partial charge >= 0.3 is 0 Å². The lowest BCUT2D eigenvalue weighted by Gasteiger charge is -2.10. The third-order valence-electron chi connectivity index (χ3n) is 4.15. The van der Waals surface area contributed by atoms with Gasteiger partial charge < -0.3 is 28.4 Å². The molecule has 0 atom stereocenters. The van der Waals surface area contributed by atoms with Gasteiger partial charge in [0.25, 0.3) is 0 Å². The van der Waals surface area contributed by atoms with Crippen molar-refractivity contribution in [3.63, 3.8) is 0 Å². The van der Waals surface area contributed by atoms with Crippen LogP contribution in [0.15, 0.2) is 37.1 Å². The molecule has 6 heteroatoms. The summed E-state index contributed by atoms with van der Waals surface area (Å²) < 4.78 is 32.4. The highest BCUT2D eigenvalue weighted by Crippen LogP contribution is 2.18. The van der Waals surface area contributed by atoms with Crippen molar-refractivity contribution in [3.8, 4) is 0 Å². The van der Waals surface area contributed by atoms with E-state index in [9.17, 15) is 0 Å². The van der Waals surface area contributed by atoms with Crippen LogP contribution in [0.3, 0.4) is 0 Å². The van der Waals surface area contributed by atoms with Gasteiger partial charge in [0, 0.05) is 13.2 Å². The van der Waals surface area contributed by atoms with Crippen molar-refractivity contribution in [2.45, 2.75) is 20.8 Å². The highest BCUT2D eigenvalue weighted by Gasteiger charge is 2.02. The van der Waals surface area contributed by atoms with Crippen LogP contribution in [0.2, 0.25) is 0 Å². The summed E-state index contributed by atoms with van der Waals surface area (Å²) >= 11 is 0. The number of ether oxygens (including phenoxy) is 6. The van der Waals surface area contributed by atoms with E-state index in [0.29, 0.717) is 72.7 Å². The minimum atomic E-state index is 0.482.